The molecule has 0 radical (unpaired) electrons. The van der Waals surface area contributed by atoms with Gasteiger partial charge in [-0.25, -0.2) is 4.79 Å². The molecule has 2 aromatic rings. The summed E-state index contributed by atoms with van der Waals surface area (Å²) in [7, 11) is 0. The quantitative estimate of drug-likeness (QED) is 0.611. The molecule has 2 heterocycles. The van der Waals surface area contributed by atoms with E-state index < -0.39 is 42.6 Å². The zero-order valence-corrected chi connectivity index (χ0v) is 17.5. The monoisotopic (exact) mass is 461 g/mol. The highest BCUT2D eigenvalue weighted by atomic mass is 19.3. The lowest BCUT2D eigenvalue weighted by atomic mass is 9.92. The van der Waals surface area contributed by atoms with Crippen LogP contribution in [0, 0.1) is 0 Å². The van der Waals surface area contributed by atoms with E-state index in [0.717, 1.165) is 4.90 Å². The molecule has 0 spiro atoms. The fraction of sp³-hybridized carbons (Fsp3) is 0.318. The topological polar surface area (TPSA) is 106 Å². The van der Waals surface area contributed by atoms with E-state index in [1.807, 2.05) is 6.07 Å². The molecular weight excluding hydrogens is 440 g/mol. The number of alkyl halides is 2. The fourth-order valence-electron chi connectivity index (χ4n) is 3.60. The van der Waals surface area contributed by atoms with Crippen molar-refractivity contribution in [2.45, 2.75) is 25.2 Å². The molecule has 2 aliphatic rings. The Labute approximate surface area is 187 Å². The van der Waals surface area contributed by atoms with Crippen molar-refractivity contribution in [3.05, 3.63) is 54.1 Å². The molecule has 0 bridgehead atoms. The van der Waals surface area contributed by atoms with Crippen molar-refractivity contribution in [2.75, 3.05) is 19.7 Å². The number of carbonyl (C=O) groups is 3. The Bertz CT molecular complexity index is 1060. The van der Waals surface area contributed by atoms with E-state index in [9.17, 15) is 23.2 Å². The summed E-state index contributed by atoms with van der Waals surface area (Å²) in [6.45, 7) is -1.63. The van der Waals surface area contributed by atoms with Gasteiger partial charge in [-0.2, -0.15) is 8.78 Å². The van der Waals surface area contributed by atoms with Crippen LogP contribution in [0.5, 0.6) is 17.2 Å². The zero-order valence-electron chi connectivity index (χ0n) is 17.5. The van der Waals surface area contributed by atoms with E-state index in [1.165, 1.54) is 31.2 Å². The minimum absolute atomic E-state index is 0.0816. The van der Waals surface area contributed by atoms with E-state index in [0.29, 0.717) is 17.1 Å². The predicted molar refractivity (Wildman–Crippen MR) is 110 cm³/mol. The summed E-state index contributed by atoms with van der Waals surface area (Å²) in [5, 5.41) is 5.19. The van der Waals surface area contributed by atoms with Crippen molar-refractivity contribution < 1.29 is 37.4 Å². The maximum atomic E-state index is 12.9. The summed E-state index contributed by atoms with van der Waals surface area (Å²) in [6, 6.07) is 11.8. The lowest BCUT2D eigenvalue weighted by molar-refractivity contribution is -0.134. The number of para-hydroxylation sites is 2. The normalized spacial score (nSPS) is 21.7. The smallest absolute Gasteiger partial charge is 0.387 e. The van der Waals surface area contributed by atoms with Gasteiger partial charge in [0.15, 0.2) is 11.5 Å². The summed E-state index contributed by atoms with van der Waals surface area (Å²) in [6.07, 6.45) is -0.425. The Morgan fingerprint density at radius 3 is 2.61 bits per heavy atom. The second kappa shape index (κ2) is 8.93. The molecule has 174 valence electrons. The molecule has 2 aromatic carbocycles. The van der Waals surface area contributed by atoms with E-state index in [4.69, 9.17) is 9.47 Å². The largest absolute Gasteiger partial charge is 0.486 e. The number of halogens is 2. The van der Waals surface area contributed by atoms with Gasteiger partial charge in [-0.3, -0.25) is 14.5 Å². The van der Waals surface area contributed by atoms with Gasteiger partial charge in [0, 0.05) is 0 Å². The highest BCUT2D eigenvalue weighted by Crippen LogP contribution is 2.31. The third kappa shape index (κ3) is 4.66. The van der Waals surface area contributed by atoms with Crippen molar-refractivity contribution in [1.29, 1.82) is 0 Å². The summed E-state index contributed by atoms with van der Waals surface area (Å²) in [4.78, 5) is 38.6. The van der Waals surface area contributed by atoms with Gasteiger partial charge in [-0.15, -0.1) is 0 Å². The first-order chi connectivity index (χ1) is 15.8. The standard InChI is InChI=1S/C22H21F2N3O6/c1-22(13-6-8-14(9-7-13)33-20(23)24)19(29)27(21(30)26-22)11-18(28)25-10-15-12-31-16-4-2-3-5-17(16)32-15/h2-9,15,20H,10-12H2,1H3,(H,25,28)(H,26,30). The third-order valence-corrected chi connectivity index (χ3v) is 5.33. The number of ether oxygens (including phenoxy) is 3. The number of imide groups is 1. The van der Waals surface area contributed by atoms with Gasteiger partial charge in [0.2, 0.25) is 5.91 Å². The Morgan fingerprint density at radius 1 is 1.21 bits per heavy atom. The molecular formula is C22H21F2N3O6. The van der Waals surface area contributed by atoms with E-state index >= 15 is 0 Å². The predicted octanol–water partition coefficient (Wildman–Crippen LogP) is 2.01. The molecule has 0 aliphatic carbocycles. The minimum atomic E-state index is -2.98. The van der Waals surface area contributed by atoms with Crippen LogP contribution in [0.4, 0.5) is 13.6 Å². The van der Waals surface area contributed by atoms with Crippen LogP contribution in [0.2, 0.25) is 0 Å². The molecule has 9 nitrogen and oxygen atoms in total. The number of nitrogens with zero attached hydrogens (tertiary/aromatic N) is 1. The van der Waals surface area contributed by atoms with Crippen molar-refractivity contribution in [2.24, 2.45) is 0 Å². The van der Waals surface area contributed by atoms with Crippen molar-refractivity contribution >= 4 is 17.8 Å². The molecule has 4 amide bonds. The van der Waals surface area contributed by atoms with Gasteiger partial charge >= 0.3 is 12.6 Å². The van der Waals surface area contributed by atoms with Crippen LogP contribution in [0.3, 0.4) is 0 Å². The van der Waals surface area contributed by atoms with Crippen LogP contribution in [0.15, 0.2) is 48.5 Å². The first kappa shape index (κ1) is 22.3. The molecule has 1 fully saturated rings. The zero-order chi connectivity index (χ0) is 23.6. The Morgan fingerprint density at radius 2 is 1.91 bits per heavy atom. The maximum absolute atomic E-state index is 12.9. The van der Waals surface area contributed by atoms with Gasteiger partial charge in [0.05, 0.1) is 6.54 Å². The highest BCUT2D eigenvalue weighted by Gasteiger charge is 2.49. The molecule has 2 aliphatic heterocycles. The second-order valence-corrected chi connectivity index (χ2v) is 7.65. The van der Waals surface area contributed by atoms with Crippen LogP contribution in [0.25, 0.3) is 0 Å². The van der Waals surface area contributed by atoms with Gasteiger partial charge in [-0.1, -0.05) is 24.3 Å². The van der Waals surface area contributed by atoms with Crippen LogP contribution < -0.4 is 24.8 Å². The molecule has 0 aromatic heterocycles. The molecule has 1 saturated heterocycles. The Kier molecular flexibility index (Phi) is 6.03. The number of fused-ring (bicyclic) bond motifs is 1. The number of hydrogen-bond donors (Lipinski definition) is 2. The highest BCUT2D eigenvalue weighted by molar-refractivity contribution is 6.09. The molecule has 33 heavy (non-hydrogen) atoms. The van der Waals surface area contributed by atoms with Gasteiger partial charge in [0.25, 0.3) is 5.91 Å². The van der Waals surface area contributed by atoms with Crippen molar-refractivity contribution in [3.8, 4) is 17.2 Å². The number of nitrogens with one attached hydrogen (secondary N) is 2. The van der Waals surface area contributed by atoms with E-state index in [1.54, 1.807) is 18.2 Å². The summed E-state index contributed by atoms with van der Waals surface area (Å²) >= 11 is 0. The molecule has 2 N–H and O–H groups in total. The van der Waals surface area contributed by atoms with Crippen molar-refractivity contribution in [1.82, 2.24) is 15.5 Å². The van der Waals surface area contributed by atoms with Crippen LogP contribution in [-0.2, 0) is 15.1 Å². The average molecular weight is 461 g/mol. The lowest BCUT2D eigenvalue weighted by Gasteiger charge is -2.26. The number of carbonyl (C=O) groups excluding carboxylic acids is 3. The SMILES string of the molecule is CC1(c2ccc(OC(F)F)cc2)NC(=O)N(CC(=O)NCC2COc3ccccc3O2)C1=O. The molecule has 0 saturated carbocycles. The fourth-order valence-corrected chi connectivity index (χ4v) is 3.60. The Hall–Kier alpha value is -3.89. The van der Waals surface area contributed by atoms with E-state index in [-0.39, 0.29) is 18.9 Å². The number of rotatable bonds is 7. The number of urea groups is 1. The summed E-state index contributed by atoms with van der Waals surface area (Å²) in [5.41, 5.74) is -1.10. The molecule has 2 unspecified atom stereocenters. The van der Waals surface area contributed by atoms with Crippen LogP contribution in [-0.4, -0.2) is 55.2 Å². The van der Waals surface area contributed by atoms with Gasteiger partial charge in [0.1, 0.15) is 30.5 Å². The second-order valence-electron chi connectivity index (χ2n) is 7.65. The molecule has 11 heteroatoms. The number of hydrogen-bond acceptors (Lipinski definition) is 6. The minimum Gasteiger partial charge on any atom is -0.486 e. The number of benzene rings is 2. The summed E-state index contributed by atoms with van der Waals surface area (Å²) < 4.78 is 40.3. The Balaban J connectivity index is 1.34. The lowest BCUT2D eigenvalue weighted by Crippen LogP contribution is -2.46. The maximum Gasteiger partial charge on any atom is 0.387 e. The van der Waals surface area contributed by atoms with Crippen LogP contribution >= 0.6 is 0 Å². The van der Waals surface area contributed by atoms with Crippen molar-refractivity contribution in [3.63, 3.8) is 0 Å². The summed E-state index contributed by atoms with van der Waals surface area (Å²) in [5.74, 6) is -0.0885. The third-order valence-electron chi connectivity index (χ3n) is 5.33. The number of amides is 4. The molecule has 4 rings (SSSR count). The van der Waals surface area contributed by atoms with E-state index in [2.05, 4.69) is 15.4 Å². The molecule has 2 atom stereocenters. The van der Waals surface area contributed by atoms with Crippen LogP contribution in [0.1, 0.15) is 12.5 Å². The van der Waals surface area contributed by atoms with Gasteiger partial charge < -0.3 is 24.8 Å². The van der Waals surface area contributed by atoms with Gasteiger partial charge in [-0.05, 0) is 36.8 Å². The average Bonchev–Trinajstić information content (AvgIpc) is 3.01. The first-order valence-corrected chi connectivity index (χ1v) is 10.1. The first-order valence-electron chi connectivity index (χ1n) is 10.1.